The fourth-order valence-corrected chi connectivity index (χ4v) is 7.15. The largest absolute Gasteiger partial charge is 1.00 e. The van der Waals surface area contributed by atoms with E-state index in [9.17, 15) is 70.7 Å². The molecule has 0 radical (unpaired) electrons. The Hall–Kier alpha value is -3.20. The summed E-state index contributed by atoms with van der Waals surface area (Å²) < 4.78 is 211. The molecule has 0 aliphatic carbocycles. The summed E-state index contributed by atoms with van der Waals surface area (Å²) in [7, 11) is -4.46. The highest BCUT2D eigenvalue weighted by Gasteiger charge is 2.94. The van der Waals surface area contributed by atoms with Gasteiger partial charge in [0.15, 0.2) is 0 Å². The Morgan fingerprint density at radius 3 is 1.00 bits per heavy atom. The zero-order valence-corrected chi connectivity index (χ0v) is 23.1. The number of carbonyl (C=O) groups excluding carboxylic acids is 1. The predicted molar refractivity (Wildman–Crippen MR) is 127 cm³/mol. The third-order valence-electron chi connectivity index (χ3n) is 6.16. The number of benzene rings is 3. The second kappa shape index (κ2) is 12.2. The smallest absolute Gasteiger partial charge is 0.460 e. The van der Waals surface area contributed by atoms with Crippen LogP contribution in [0, 0.1) is 0 Å². The molecule has 0 aliphatic rings. The van der Waals surface area contributed by atoms with E-state index in [0.29, 0.717) is 0 Å². The van der Waals surface area contributed by atoms with Gasteiger partial charge < -0.3 is 12.4 Å². The number of hydrogen-bond donors (Lipinski definition) is 0. The number of rotatable bonds is 10. The molecular formula is C26H15ClF15O2P. The summed E-state index contributed by atoms with van der Waals surface area (Å²) in [5.74, 6) is -52.5. The minimum Gasteiger partial charge on any atom is -1.00 e. The van der Waals surface area contributed by atoms with Gasteiger partial charge in [-0.1, -0.05) is 54.6 Å². The molecule has 0 N–H and O–H groups in total. The lowest BCUT2D eigenvalue weighted by Crippen LogP contribution is -3.00. The summed E-state index contributed by atoms with van der Waals surface area (Å²) in [6, 6.07) is 18.3. The second-order valence-electron chi connectivity index (χ2n) is 8.94. The molecule has 19 heteroatoms. The molecule has 0 fully saturated rings. The second-order valence-corrected chi connectivity index (χ2v) is 11.9. The van der Waals surface area contributed by atoms with E-state index in [1.807, 2.05) is 0 Å². The fraction of sp³-hybridized carbons (Fsp3) is 0.269. The molecule has 0 saturated heterocycles. The summed E-state index contributed by atoms with van der Waals surface area (Å²) in [6.45, 7) is 0. The van der Waals surface area contributed by atoms with Crippen LogP contribution in [0.5, 0.6) is 0 Å². The van der Waals surface area contributed by atoms with E-state index in [4.69, 9.17) is 4.52 Å². The van der Waals surface area contributed by atoms with E-state index in [0.717, 1.165) is 36.4 Å². The van der Waals surface area contributed by atoms with Gasteiger partial charge in [-0.15, -0.1) is 0 Å². The van der Waals surface area contributed by atoms with Crippen LogP contribution >= 0.6 is 7.49 Å². The molecule has 0 unspecified atom stereocenters. The van der Waals surface area contributed by atoms with Crippen LogP contribution in [-0.2, 0) is 9.32 Å². The van der Waals surface area contributed by atoms with Gasteiger partial charge in [-0.05, 0) is 36.4 Å². The van der Waals surface area contributed by atoms with Crippen molar-refractivity contribution < 1.29 is 87.6 Å². The SMILES string of the molecule is O=C(O[P+](c1ccccc1)(c1ccccc1)c1ccccc1)C(F)(F)C(F)(F)C(F)(F)C(F)(F)C(F)(F)C(F)(F)C(F)(F)F.[Cl-]. The molecule has 45 heavy (non-hydrogen) atoms. The summed E-state index contributed by atoms with van der Waals surface area (Å²) in [5.41, 5.74) is 0. The third kappa shape index (κ3) is 5.70. The number of halogens is 16. The highest BCUT2D eigenvalue weighted by molar-refractivity contribution is 7.92. The highest BCUT2D eigenvalue weighted by atomic mass is 35.5. The van der Waals surface area contributed by atoms with Gasteiger partial charge in [-0.3, -0.25) is 4.52 Å². The van der Waals surface area contributed by atoms with E-state index in [1.54, 1.807) is 0 Å². The van der Waals surface area contributed by atoms with Crippen LogP contribution < -0.4 is 28.3 Å². The van der Waals surface area contributed by atoms with Gasteiger partial charge in [0.1, 0.15) is 15.9 Å². The van der Waals surface area contributed by atoms with Gasteiger partial charge >= 0.3 is 47.7 Å². The third-order valence-corrected chi connectivity index (χ3v) is 9.68. The molecule has 3 aromatic carbocycles. The van der Waals surface area contributed by atoms with E-state index < -0.39 is 55.2 Å². The lowest BCUT2D eigenvalue weighted by Gasteiger charge is -2.40. The van der Waals surface area contributed by atoms with E-state index in [1.165, 1.54) is 54.6 Å². The Labute approximate surface area is 250 Å². The summed E-state index contributed by atoms with van der Waals surface area (Å²) in [6.07, 6.45) is -7.74. The maximum absolute atomic E-state index is 14.9. The first kappa shape index (κ1) is 38.0. The Morgan fingerprint density at radius 1 is 0.444 bits per heavy atom. The summed E-state index contributed by atoms with van der Waals surface area (Å²) in [5, 5.41) is -0.671. The summed E-state index contributed by atoms with van der Waals surface area (Å²) in [4.78, 5) is 12.7. The first-order valence-corrected chi connectivity index (χ1v) is 13.3. The van der Waals surface area contributed by atoms with E-state index in [2.05, 4.69) is 0 Å². The zero-order valence-electron chi connectivity index (χ0n) is 21.5. The van der Waals surface area contributed by atoms with Crippen molar-refractivity contribution in [2.75, 3.05) is 0 Å². The average molecular weight is 711 g/mol. The van der Waals surface area contributed by atoms with Crippen LogP contribution in [0.1, 0.15) is 0 Å². The molecule has 0 saturated carbocycles. The molecule has 0 aliphatic heterocycles. The Kier molecular flexibility index (Phi) is 10.3. The van der Waals surface area contributed by atoms with Crippen molar-refractivity contribution in [3.8, 4) is 0 Å². The van der Waals surface area contributed by atoms with Crippen LogP contribution in [0.4, 0.5) is 65.9 Å². The molecule has 2 nitrogen and oxygen atoms in total. The molecule has 3 aromatic rings. The van der Waals surface area contributed by atoms with E-state index in [-0.39, 0.29) is 28.3 Å². The van der Waals surface area contributed by atoms with Crippen LogP contribution in [0.15, 0.2) is 91.0 Å². The topological polar surface area (TPSA) is 26.3 Å². The quantitative estimate of drug-likeness (QED) is 0.223. The molecule has 248 valence electrons. The van der Waals surface area contributed by atoms with Gasteiger partial charge in [-0.25, -0.2) is 4.79 Å². The van der Waals surface area contributed by atoms with Gasteiger partial charge in [0.05, 0.1) is 0 Å². The fourth-order valence-electron chi connectivity index (χ4n) is 3.80. The van der Waals surface area contributed by atoms with Crippen molar-refractivity contribution in [3.05, 3.63) is 91.0 Å². The van der Waals surface area contributed by atoms with Crippen molar-refractivity contribution in [2.45, 2.75) is 41.7 Å². The Bertz CT molecular complexity index is 1350. The number of hydrogen-bond acceptors (Lipinski definition) is 2. The molecule has 0 atom stereocenters. The lowest BCUT2D eigenvalue weighted by molar-refractivity contribution is -0.450. The number of carbonyl (C=O) groups is 1. The minimum absolute atomic E-state index is 0. The van der Waals surface area contributed by atoms with Crippen molar-refractivity contribution in [2.24, 2.45) is 0 Å². The van der Waals surface area contributed by atoms with Gasteiger partial charge in [0.25, 0.3) is 7.49 Å². The van der Waals surface area contributed by atoms with Crippen LogP contribution in [0.25, 0.3) is 0 Å². The monoisotopic (exact) mass is 710 g/mol. The maximum Gasteiger partial charge on any atom is 0.460 e. The van der Waals surface area contributed by atoms with Crippen LogP contribution in [0.2, 0.25) is 0 Å². The van der Waals surface area contributed by atoms with Crippen molar-refractivity contribution in [1.29, 1.82) is 0 Å². The molecule has 0 bridgehead atoms. The van der Waals surface area contributed by atoms with Gasteiger partial charge in [-0.2, -0.15) is 65.9 Å². The first-order chi connectivity index (χ1) is 19.9. The standard InChI is InChI=1S/C26H15F15O2P.ClH/c27-20(28,21(29,30)22(31,32)23(33,34)24(35,36)25(37,38)26(39,40)41)19(42)43-44(16-10-4-1-5-11-16,17-12-6-2-7-13-17)18-14-8-3-9-15-18;/h1-15H;1H/q+1;/p-1. The molecule has 0 spiro atoms. The van der Waals surface area contributed by atoms with Gasteiger partial charge in [0, 0.05) is 0 Å². The highest BCUT2D eigenvalue weighted by Crippen LogP contribution is 2.64. The lowest BCUT2D eigenvalue weighted by atomic mass is 9.91. The predicted octanol–water partition coefficient (Wildman–Crippen LogP) is 4.82. The van der Waals surface area contributed by atoms with Crippen molar-refractivity contribution >= 4 is 29.4 Å². The zero-order chi connectivity index (χ0) is 33.6. The maximum atomic E-state index is 14.9. The molecule has 0 aromatic heterocycles. The molecular weight excluding hydrogens is 696 g/mol. The first-order valence-electron chi connectivity index (χ1n) is 11.6. The minimum atomic E-state index is -8.53. The van der Waals surface area contributed by atoms with E-state index >= 15 is 0 Å². The van der Waals surface area contributed by atoms with Gasteiger partial charge in [0.2, 0.25) is 0 Å². The summed E-state index contributed by atoms with van der Waals surface area (Å²) >= 11 is 0. The normalized spacial score (nSPS) is 14.0. The Morgan fingerprint density at radius 2 is 0.711 bits per heavy atom. The van der Waals surface area contributed by atoms with Crippen LogP contribution in [0.3, 0.4) is 0 Å². The molecule has 3 rings (SSSR count). The average Bonchev–Trinajstić information content (AvgIpc) is 2.96. The molecule has 0 amide bonds. The number of alkyl halides is 15. The molecule has 0 heterocycles. The Balaban J connectivity index is 0.00000705. The van der Waals surface area contributed by atoms with Crippen molar-refractivity contribution in [3.63, 3.8) is 0 Å². The van der Waals surface area contributed by atoms with Crippen LogP contribution in [-0.4, -0.2) is 47.7 Å². The van der Waals surface area contributed by atoms with Crippen molar-refractivity contribution in [1.82, 2.24) is 0 Å².